The molecule has 2 nitrogen and oxygen atoms in total. The Bertz CT molecular complexity index is 1440. The van der Waals surface area contributed by atoms with Gasteiger partial charge >= 0.3 is 0 Å². The van der Waals surface area contributed by atoms with Gasteiger partial charge in [-0.1, -0.05) is 172 Å². The zero-order chi connectivity index (χ0) is 39.0. The summed E-state index contributed by atoms with van der Waals surface area (Å²) < 4.78 is 0. The number of benzene rings is 2. The molecule has 2 aromatic carbocycles. The molecule has 0 saturated carbocycles. The van der Waals surface area contributed by atoms with Gasteiger partial charge in [-0.05, 0) is 110 Å². The lowest BCUT2D eigenvalue weighted by atomic mass is 9.80. The summed E-state index contributed by atoms with van der Waals surface area (Å²) in [6.07, 6.45) is 42.4. The number of unbranched alkanes of at least 4 members (excludes halogenated alkanes) is 11. The number of hydrogen-bond donors (Lipinski definition) is 2. The van der Waals surface area contributed by atoms with Crippen LogP contribution in [-0.4, -0.2) is 10.2 Å². The van der Waals surface area contributed by atoms with Crippen molar-refractivity contribution in [3.8, 4) is 11.5 Å². The van der Waals surface area contributed by atoms with E-state index in [2.05, 4.69) is 128 Å². The summed E-state index contributed by atoms with van der Waals surface area (Å²) in [7, 11) is 0. The molecule has 294 valence electrons. The van der Waals surface area contributed by atoms with E-state index < -0.39 is 0 Å². The zero-order valence-corrected chi connectivity index (χ0v) is 35.2. The third-order valence-corrected chi connectivity index (χ3v) is 10.3. The average Bonchev–Trinajstić information content (AvgIpc) is 3.10. The van der Waals surface area contributed by atoms with Crippen molar-refractivity contribution in [2.24, 2.45) is 0 Å². The molecule has 0 amide bonds. The summed E-state index contributed by atoms with van der Waals surface area (Å²) in [4.78, 5) is 0. The molecular weight excluding hydrogens is 645 g/mol. The van der Waals surface area contributed by atoms with Crippen molar-refractivity contribution >= 4 is 0 Å². The molecule has 0 aliphatic heterocycles. The second-order valence-electron chi connectivity index (χ2n) is 17.2. The Kier molecular flexibility index (Phi) is 22.3. The van der Waals surface area contributed by atoms with E-state index in [1.165, 1.54) is 81.8 Å². The Hall–Kier alpha value is -3.26. The molecule has 0 saturated heterocycles. The SMILES string of the molecule is C=CC/C=C/C/C=C/CCCCCCCc1ccc(C(C)(C)C)c(O)c1Cc1c(CCCCCCC/C=C/C/C=C/CCC)ccc(C(C)(C)C)c1O. The Morgan fingerprint density at radius 1 is 0.491 bits per heavy atom. The monoisotopic (exact) mass is 723 g/mol. The predicted octanol–water partition coefficient (Wildman–Crippen LogP) is 15.4. The normalized spacial score (nSPS) is 12.7. The minimum absolute atomic E-state index is 0.173. The third kappa shape index (κ3) is 18.1. The summed E-state index contributed by atoms with van der Waals surface area (Å²) in [5.41, 5.74) is 6.07. The van der Waals surface area contributed by atoms with Crippen molar-refractivity contribution in [3.05, 3.63) is 119 Å². The molecule has 2 rings (SSSR count). The number of aryl methyl sites for hydroxylation is 2. The molecule has 0 unspecified atom stereocenters. The van der Waals surface area contributed by atoms with E-state index in [1.807, 2.05) is 6.08 Å². The second-order valence-corrected chi connectivity index (χ2v) is 17.2. The first-order valence-corrected chi connectivity index (χ1v) is 21.3. The van der Waals surface area contributed by atoms with Gasteiger partial charge in [0.05, 0.1) is 0 Å². The summed E-state index contributed by atoms with van der Waals surface area (Å²) >= 11 is 0. The van der Waals surface area contributed by atoms with Gasteiger partial charge in [0, 0.05) is 17.5 Å². The first-order chi connectivity index (χ1) is 25.4. The smallest absolute Gasteiger partial charge is 0.123 e. The van der Waals surface area contributed by atoms with Gasteiger partial charge in [0.2, 0.25) is 0 Å². The van der Waals surface area contributed by atoms with E-state index in [-0.39, 0.29) is 10.8 Å². The number of allylic oxidation sites excluding steroid dienone is 9. The van der Waals surface area contributed by atoms with E-state index in [0.29, 0.717) is 17.9 Å². The topological polar surface area (TPSA) is 40.5 Å². The molecule has 0 bridgehead atoms. The van der Waals surface area contributed by atoms with Crippen LogP contribution < -0.4 is 0 Å². The van der Waals surface area contributed by atoms with Crippen LogP contribution in [0.3, 0.4) is 0 Å². The molecule has 2 aromatic rings. The predicted molar refractivity (Wildman–Crippen MR) is 235 cm³/mol. The highest BCUT2D eigenvalue weighted by atomic mass is 16.3. The van der Waals surface area contributed by atoms with Crippen molar-refractivity contribution in [2.45, 2.75) is 188 Å². The van der Waals surface area contributed by atoms with Gasteiger partial charge in [0.25, 0.3) is 0 Å². The van der Waals surface area contributed by atoms with Crippen molar-refractivity contribution < 1.29 is 10.2 Å². The first-order valence-electron chi connectivity index (χ1n) is 21.3. The van der Waals surface area contributed by atoms with Gasteiger partial charge in [0.15, 0.2) is 0 Å². The summed E-state index contributed by atoms with van der Waals surface area (Å²) in [6.45, 7) is 19.0. The van der Waals surface area contributed by atoms with Crippen LogP contribution in [0.25, 0.3) is 0 Å². The Labute approximate surface area is 327 Å². The summed E-state index contributed by atoms with van der Waals surface area (Å²) in [6, 6.07) is 8.79. The molecule has 2 N–H and O–H groups in total. The molecule has 0 heterocycles. The van der Waals surface area contributed by atoms with Crippen LogP contribution in [0.4, 0.5) is 0 Å². The molecular formula is C51H78O2. The lowest BCUT2D eigenvalue weighted by molar-refractivity contribution is 0.433. The molecule has 0 aliphatic carbocycles. The van der Waals surface area contributed by atoms with Crippen molar-refractivity contribution in [2.75, 3.05) is 0 Å². The number of phenolic OH excluding ortho intramolecular Hbond substituents is 2. The highest BCUT2D eigenvalue weighted by molar-refractivity contribution is 5.55. The quantitative estimate of drug-likeness (QED) is 0.0750. The molecule has 2 heteroatoms. The molecule has 0 atom stereocenters. The standard InChI is InChI=1S/C51H78O2/c1-9-11-13-15-17-19-21-23-25-27-29-31-33-35-42-37-39-46(50(3,4)5)48(52)44(42)41-45-43(38-40-47(49(45)53)51(6,7)8)36-34-32-30-28-26-24-22-20-18-16-14-12-10-2/h9,13-16,19-22,37-40,52-53H,1,10-12,17-18,23-36,41H2,2-8H3/b15-13+,16-14+,21-19+,22-20+. The Morgan fingerprint density at radius 2 is 0.868 bits per heavy atom. The number of rotatable bonds is 26. The van der Waals surface area contributed by atoms with E-state index in [4.69, 9.17) is 0 Å². The maximum Gasteiger partial charge on any atom is 0.123 e. The fourth-order valence-corrected chi connectivity index (χ4v) is 7.08. The van der Waals surface area contributed by atoms with Crippen LogP contribution in [0.15, 0.2) is 85.5 Å². The zero-order valence-electron chi connectivity index (χ0n) is 35.2. The summed E-state index contributed by atoms with van der Waals surface area (Å²) in [5.74, 6) is 0.832. The van der Waals surface area contributed by atoms with E-state index in [1.54, 1.807) is 0 Å². The maximum absolute atomic E-state index is 11.9. The van der Waals surface area contributed by atoms with Crippen LogP contribution in [0.2, 0.25) is 0 Å². The molecule has 0 fully saturated rings. The maximum atomic E-state index is 11.9. The Balaban J connectivity index is 2.10. The fourth-order valence-electron chi connectivity index (χ4n) is 7.08. The van der Waals surface area contributed by atoms with Gasteiger partial charge in [-0.2, -0.15) is 0 Å². The second kappa shape index (κ2) is 25.7. The van der Waals surface area contributed by atoms with E-state index in [9.17, 15) is 10.2 Å². The lowest BCUT2D eigenvalue weighted by Gasteiger charge is -2.26. The van der Waals surface area contributed by atoms with Gasteiger partial charge in [0.1, 0.15) is 11.5 Å². The third-order valence-electron chi connectivity index (χ3n) is 10.3. The number of phenols is 2. The highest BCUT2D eigenvalue weighted by Crippen LogP contribution is 2.41. The molecule has 53 heavy (non-hydrogen) atoms. The van der Waals surface area contributed by atoms with E-state index >= 15 is 0 Å². The molecule has 0 aromatic heterocycles. The summed E-state index contributed by atoms with van der Waals surface area (Å²) in [5, 5.41) is 23.8. The Morgan fingerprint density at radius 3 is 1.28 bits per heavy atom. The van der Waals surface area contributed by atoms with Crippen LogP contribution in [-0.2, 0) is 30.1 Å². The number of hydrogen-bond acceptors (Lipinski definition) is 2. The van der Waals surface area contributed by atoms with Crippen LogP contribution in [0.5, 0.6) is 11.5 Å². The van der Waals surface area contributed by atoms with Gasteiger partial charge in [-0.25, -0.2) is 0 Å². The fraction of sp³-hybridized carbons (Fsp3) is 0.569. The van der Waals surface area contributed by atoms with Gasteiger partial charge in [-0.15, -0.1) is 6.58 Å². The van der Waals surface area contributed by atoms with Crippen molar-refractivity contribution in [1.82, 2.24) is 0 Å². The number of aromatic hydroxyl groups is 2. The highest BCUT2D eigenvalue weighted by Gasteiger charge is 2.26. The van der Waals surface area contributed by atoms with Gasteiger partial charge < -0.3 is 10.2 Å². The first kappa shape index (κ1) is 45.9. The van der Waals surface area contributed by atoms with Crippen LogP contribution >= 0.6 is 0 Å². The molecule has 0 spiro atoms. The van der Waals surface area contributed by atoms with Crippen LogP contribution in [0, 0.1) is 0 Å². The van der Waals surface area contributed by atoms with E-state index in [0.717, 1.165) is 73.6 Å². The van der Waals surface area contributed by atoms with Gasteiger partial charge in [-0.3, -0.25) is 0 Å². The average molecular weight is 723 g/mol. The lowest BCUT2D eigenvalue weighted by Crippen LogP contribution is -2.15. The largest absolute Gasteiger partial charge is 0.507 e. The molecule has 0 radical (unpaired) electrons. The minimum atomic E-state index is -0.173. The van der Waals surface area contributed by atoms with Crippen molar-refractivity contribution in [3.63, 3.8) is 0 Å². The van der Waals surface area contributed by atoms with Crippen LogP contribution in [0.1, 0.15) is 191 Å². The molecule has 0 aliphatic rings. The van der Waals surface area contributed by atoms with Crippen molar-refractivity contribution in [1.29, 1.82) is 0 Å². The minimum Gasteiger partial charge on any atom is -0.507 e.